The van der Waals surface area contributed by atoms with Crippen LogP contribution in [0.15, 0.2) is 18.2 Å². The highest BCUT2D eigenvalue weighted by molar-refractivity contribution is 5.29. The minimum atomic E-state index is -4.19. The van der Waals surface area contributed by atoms with Crippen LogP contribution in [-0.2, 0) is 6.54 Å². The van der Waals surface area contributed by atoms with Crippen molar-refractivity contribution in [3.63, 3.8) is 0 Å². The molecule has 1 rings (SSSR count). The van der Waals surface area contributed by atoms with E-state index in [2.05, 4.69) is 0 Å². The molecule has 0 aliphatic heterocycles. The lowest BCUT2D eigenvalue weighted by atomic mass is 10.1. The Morgan fingerprint density at radius 1 is 1.17 bits per heavy atom. The summed E-state index contributed by atoms with van der Waals surface area (Å²) in [5.41, 5.74) is 8.46. The Balaban J connectivity index is 2.73. The van der Waals surface area contributed by atoms with E-state index in [9.17, 15) is 13.2 Å². The van der Waals surface area contributed by atoms with E-state index in [1.807, 2.05) is 32.0 Å². The molecule has 1 aromatic carbocycles. The molecule has 18 heavy (non-hydrogen) atoms. The monoisotopic (exact) mass is 260 g/mol. The van der Waals surface area contributed by atoms with Crippen molar-refractivity contribution in [2.75, 3.05) is 19.6 Å². The second-order valence-electron chi connectivity index (χ2n) is 4.53. The number of rotatable bonds is 5. The lowest BCUT2D eigenvalue weighted by Gasteiger charge is -2.23. The van der Waals surface area contributed by atoms with Gasteiger partial charge in [-0.3, -0.25) is 4.90 Å². The molecule has 0 aromatic heterocycles. The zero-order valence-corrected chi connectivity index (χ0v) is 10.7. The summed E-state index contributed by atoms with van der Waals surface area (Å²) in [6.45, 7) is 3.75. The van der Waals surface area contributed by atoms with Crippen molar-refractivity contribution in [2.24, 2.45) is 5.73 Å². The van der Waals surface area contributed by atoms with Crippen LogP contribution < -0.4 is 5.73 Å². The number of nitrogens with zero attached hydrogens (tertiary/aromatic N) is 1. The highest BCUT2D eigenvalue weighted by atomic mass is 19.4. The molecule has 2 N–H and O–H groups in total. The van der Waals surface area contributed by atoms with Gasteiger partial charge in [-0.15, -0.1) is 0 Å². The molecule has 0 spiro atoms. The van der Waals surface area contributed by atoms with Gasteiger partial charge in [0.05, 0.1) is 6.54 Å². The Labute approximate surface area is 106 Å². The smallest absolute Gasteiger partial charge is 0.329 e. The largest absolute Gasteiger partial charge is 0.401 e. The van der Waals surface area contributed by atoms with Crippen LogP contribution in [0.4, 0.5) is 13.2 Å². The molecule has 0 aliphatic carbocycles. The molecule has 0 bridgehead atoms. The first-order valence-electron chi connectivity index (χ1n) is 5.87. The third kappa shape index (κ3) is 5.06. The van der Waals surface area contributed by atoms with Crippen molar-refractivity contribution in [2.45, 2.75) is 26.6 Å². The summed E-state index contributed by atoms with van der Waals surface area (Å²) in [5.74, 6) is 0. The maximum absolute atomic E-state index is 12.4. The van der Waals surface area contributed by atoms with Gasteiger partial charge in [-0.2, -0.15) is 13.2 Å². The van der Waals surface area contributed by atoms with Gasteiger partial charge in [0.15, 0.2) is 0 Å². The molecule has 0 atom stereocenters. The van der Waals surface area contributed by atoms with Crippen molar-refractivity contribution < 1.29 is 13.2 Å². The fourth-order valence-electron chi connectivity index (χ4n) is 1.81. The van der Waals surface area contributed by atoms with Gasteiger partial charge in [0.2, 0.25) is 0 Å². The predicted molar refractivity (Wildman–Crippen MR) is 66.3 cm³/mol. The van der Waals surface area contributed by atoms with Crippen molar-refractivity contribution in [1.29, 1.82) is 0 Å². The average Bonchev–Trinajstić information content (AvgIpc) is 2.21. The molecule has 0 unspecified atom stereocenters. The molecule has 1 aromatic rings. The number of hydrogen-bond acceptors (Lipinski definition) is 2. The van der Waals surface area contributed by atoms with Crippen molar-refractivity contribution in [3.8, 4) is 0 Å². The third-order valence-corrected chi connectivity index (χ3v) is 2.83. The van der Waals surface area contributed by atoms with E-state index in [-0.39, 0.29) is 19.6 Å². The zero-order chi connectivity index (χ0) is 13.8. The van der Waals surface area contributed by atoms with E-state index < -0.39 is 12.7 Å². The number of alkyl halides is 3. The van der Waals surface area contributed by atoms with Gasteiger partial charge in [0, 0.05) is 19.6 Å². The van der Waals surface area contributed by atoms with Crippen molar-refractivity contribution >= 4 is 0 Å². The van der Waals surface area contributed by atoms with Crippen LogP contribution in [-0.4, -0.2) is 30.7 Å². The van der Waals surface area contributed by atoms with E-state index in [0.717, 1.165) is 16.7 Å². The van der Waals surface area contributed by atoms with Crippen LogP contribution in [0, 0.1) is 13.8 Å². The van der Waals surface area contributed by atoms with Gasteiger partial charge < -0.3 is 5.73 Å². The van der Waals surface area contributed by atoms with Gasteiger partial charge in [0.1, 0.15) is 0 Å². The molecule has 0 heterocycles. The minimum Gasteiger partial charge on any atom is -0.329 e. The molecule has 5 heteroatoms. The van der Waals surface area contributed by atoms with Crippen LogP contribution in [0.1, 0.15) is 16.7 Å². The maximum Gasteiger partial charge on any atom is 0.401 e. The highest BCUT2D eigenvalue weighted by Crippen LogP contribution is 2.18. The molecule has 2 nitrogen and oxygen atoms in total. The Bertz CT molecular complexity index is 388. The average molecular weight is 260 g/mol. The number of benzene rings is 1. The Kier molecular flexibility index (Phi) is 5.16. The van der Waals surface area contributed by atoms with Gasteiger partial charge in [-0.1, -0.05) is 18.2 Å². The topological polar surface area (TPSA) is 29.3 Å². The van der Waals surface area contributed by atoms with Crippen LogP contribution >= 0.6 is 0 Å². The SMILES string of the molecule is Cc1ccc(CN(CCN)CC(F)(F)F)cc1C. The van der Waals surface area contributed by atoms with E-state index in [1.165, 1.54) is 4.90 Å². The minimum absolute atomic E-state index is 0.223. The molecule has 0 saturated heterocycles. The second kappa shape index (κ2) is 6.20. The first-order valence-corrected chi connectivity index (χ1v) is 5.87. The molecule has 102 valence electrons. The standard InChI is InChI=1S/C13H19F3N2/c1-10-3-4-12(7-11(10)2)8-18(6-5-17)9-13(14,15)16/h3-4,7H,5-6,8-9,17H2,1-2H3. The van der Waals surface area contributed by atoms with Gasteiger partial charge in [0.25, 0.3) is 0 Å². The summed E-state index contributed by atoms with van der Waals surface area (Å²) in [6.07, 6.45) is -4.19. The molecule has 0 fully saturated rings. The van der Waals surface area contributed by atoms with Gasteiger partial charge >= 0.3 is 6.18 Å². The van der Waals surface area contributed by atoms with E-state index >= 15 is 0 Å². The van der Waals surface area contributed by atoms with Gasteiger partial charge in [-0.05, 0) is 30.5 Å². The second-order valence-corrected chi connectivity index (χ2v) is 4.53. The lowest BCUT2D eigenvalue weighted by Crippen LogP contribution is -2.37. The van der Waals surface area contributed by atoms with E-state index in [1.54, 1.807) is 0 Å². The molecular formula is C13H19F3N2. The van der Waals surface area contributed by atoms with Crippen LogP contribution in [0.25, 0.3) is 0 Å². The summed E-state index contributed by atoms with van der Waals surface area (Å²) >= 11 is 0. The summed E-state index contributed by atoms with van der Waals surface area (Å²) < 4.78 is 37.2. The third-order valence-electron chi connectivity index (χ3n) is 2.83. The summed E-state index contributed by atoms with van der Waals surface area (Å²) in [6, 6.07) is 5.72. The van der Waals surface area contributed by atoms with Crippen LogP contribution in [0.2, 0.25) is 0 Å². The van der Waals surface area contributed by atoms with Crippen LogP contribution in [0.5, 0.6) is 0 Å². The number of aryl methyl sites for hydroxylation is 2. The lowest BCUT2D eigenvalue weighted by molar-refractivity contribution is -0.146. The summed E-state index contributed by atoms with van der Waals surface area (Å²) in [4.78, 5) is 1.32. The number of halogens is 3. The molecule has 0 saturated carbocycles. The molecule has 0 radical (unpaired) electrons. The zero-order valence-electron chi connectivity index (χ0n) is 10.7. The van der Waals surface area contributed by atoms with Crippen LogP contribution in [0.3, 0.4) is 0 Å². The first-order chi connectivity index (χ1) is 8.31. The van der Waals surface area contributed by atoms with Crippen molar-refractivity contribution in [3.05, 3.63) is 34.9 Å². The normalized spacial score (nSPS) is 12.2. The Morgan fingerprint density at radius 2 is 1.83 bits per heavy atom. The predicted octanol–water partition coefficient (Wildman–Crippen LogP) is 2.63. The van der Waals surface area contributed by atoms with E-state index in [4.69, 9.17) is 5.73 Å². The fraction of sp³-hybridized carbons (Fsp3) is 0.538. The van der Waals surface area contributed by atoms with Gasteiger partial charge in [-0.25, -0.2) is 0 Å². The quantitative estimate of drug-likeness (QED) is 0.881. The summed E-state index contributed by atoms with van der Waals surface area (Å²) in [7, 11) is 0. The molecular weight excluding hydrogens is 241 g/mol. The maximum atomic E-state index is 12.4. The number of hydrogen-bond donors (Lipinski definition) is 1. The first kappa shape index (κ1) is 15.0. The fourth-order valence-corrected chi connectivity index (χ4v) is 1.81. The number of nitrogens with two attached hydrogens (primary N) is 1. The summed E-state index contributed by atoms with van der Waals surface area (Å²) in [5, 5.41) is 0. The van der Waals surface area contributed by atoms with E-state index in [0.29, 0.717) is 0 Å². The Hall–Kier alpha value is -1.07. The molecule has 0 aliphatic rings. The highest BCUT2D eigenvalue weighted by Gasteiger charge is 2.30. The molecule has 0 amide bonds. The van der Waals surface area contributed by atoms with Crippen molar-refractivity contribution in [1.82, 2.24) is 4.90 Å². The Morgan fingerprint density at radius 3 is 2.33 bits per heavy atom.